The van der Waals surface area contributed by atoms with Gasteiger partial charge in [0.1, 0.15) is 24.3 Å². The lowest BCUT2D eigenvalue weighted by molar-refractivity contribution is -0.140. The van der Waals surface area contributed by atoms with E-state index in [1.807, 2.05) is 13.0 Å². The first kappa shape index (κ1) is 23.7. The van der Waals surface area contributed by atoms with E-state index in [0.717, 1.165) is 35.9 Å². The minimum atomic E-state index is -4.50. The number of nitrogens with zero attached hydrogens (tertiary/aromatic N) is 6. The predicted octanol–water partition coefficient (Wildman–Crippen LogP) is 5.13. The monoisotopic (exact) mass is 496 g/mol. The quantitative estimate of drug-likeness (QED) is 0.351. The number of rotatable bonds is 7. The fraction of sp³-hybridized carbons (Fsp3) is 0.320. The Balaban J connectivity index is 1.36. The molecule has 1 saturated carbocycles. The Bertz CT molecular complexity index is 1420. The number of hydrogen-bond acceptors (Lipinski definition) is 7. The minimum absolute atomic E-state index is 0.217. The molecule has 4 aromatic rings. The summed E-state index contributed by atoms with van der Waals surface area (Å²) in [6.45, 7) is 2.09. The second-order valence-electron chi connectivity index (χ2n) is 8.62. The summed E-state index contributed by atoms with van der Waals surface area (Å²) < 4.78 is 51.8. The highest BCUT2D eigenvalue weighted by Gasteiger charge is 2.34. The molecule has 0 radical (unpaired) electrons. The molecule has 0 unspecified atom stereocenters. The van der Waals surface area contributed by atoms with Crippen molar-refractivity contribution < 1.29 is 22.6 Å². The smallest absolute Gasteiger partial charge is 0.434 e. The fourth-order valence-electron chi connectivity index (χ4n) is 3.98. The molecule has 0 atom stereocenters. The van der Waals surface area contributed by atoms with Crippen LogP contribution in [-0.4, -0.2) is 36.6 Å². The van der Waals surface area contributed by atoms with Gasteiger partial charge < -0.3 is 14.0 Å². The van der Waals surface area contributed by atoms with Crippen LogP contribution in [0.2, 0.25) is 0 Å². The zero-order chi connectivity index (χ0) is 25.4. The second kappa shape index (κ2) is 9.21. The number of hydrogen-bond donors (Lipinski definition) is 0. The molecular formula is C25H23F3N6O2. The van der Waals surface area contributed by atoms with E-state index in [1.54, 1.807) is 31.5 Å². The molecule has 1 fully saturated rings. The Morgan fingerprint density at radius 3 is 2.56 bits per heavy atom. The van der Waals surface area contributed by atoms with E-state index < -0.39 is 11.9 Å². The van der Waals surface area contributed by atoms with E-state index in [0.29, 0.717) is 34.6 Å². The average molecular weight is 496 g/mol. The number of methoxy groups -OCH3 is 1. The van der Waals surface area contributed by atoms with Crippen LogP contribution in [0.25, 0.3) is 22.8 Å². The standard InChI is InChI=1S/C25H23F3N6O2/c1-14-10-16(23-32-18(11-34(23)2)25(26,27)28)6-7-17(14)12-36-19-8-9-29-22(33-19)20-21(15-4-5-15)30-13-31-24(20)35-3/h6-11,13,15H,4-5,12H2,1-3H3. The molecule has 3 aromatic heterocycles. The summed E-state index contributed by atoms with van der Waals surface area (Å²) in [5.74, 6) is 1.80. The van der Waals surface area contributed by atoms with Crippen molar-refractivity contribution in [1.82, 2.24) is 29.5 Å². The molecule has 36 heavy (non-hydrogen) atoms. The SMILES string of the molecule is COc1ncnc(C2CC2)c1-c1nccc(OCc2ccc(-c3nc(C(F)(F)F)cn3C)cc2C)n1. The van der Waals surface area contributed by atoms with Crippen molar-refractivity contribution in [2.24, 2.45) is 7.05 Å². The topological polar surface area (TPSA) is 87.8 Å². The molecular weight excluding hydrogens is 473 g/mol. The van der Waals surface area contributed by atoms with Crippen LogP contribution in [0.5, 0.6) is 11.8 Å². The third kappa shape index (κ3) is 4.73. The molecule has 5 rings (SSSR count). The largest absolute Gasteiger partial charge is 0.480 e. The van der Waals surface area contributed by atoms with Gasteiger partial charge in [-0.2, -0.15) is 18.2 Å². The van der Waals surface area contributed by atoms with Crippen LogP contribution in [0.3, 0.4) is 0 Å². The molecule has 0 bridgehead atoms. The van der Waals surface area contributed by atoms with Crippen molar-refractivity contribution >= 4 is 0 Å². The molecule has 0 aliphatic heterocycles. The van der Waals surface area contributed by atoms with E-state index in [4.69, 9.17) is 9.47 Å². The van der Waals surface area contributed by atoms with Gasteiger partial charge in [0, 0.05) is 37.0 Å². The summed E-state index contributed by atoms with van der Waals surface area (Å²) in [7, 11) is 3.09. The van der Waals surface area contributed by atoms with Crippen molar-refractivity contribution in [3.8, 4) is 34.5 Å². The van der Waals surface area contributed by atoms with E-state index in [9.17, 15) is 13.2 Å². The van der Waals surface area contributed by atoms with Gasteiger partial charge in [0.25, 0.3) is 0 Å². The summed E-state index contributed by atoms with van der Waals surface area (Å²) in [6, 6.07) is 7.00. The van der Waals surface area contributed by atoms with Gasteiger partial charge in [0.15, 0.2) is 11.5 Å². The fourth-order valence-corrected chi connectivity index (χ4v) is 3.98. The van der Waals surface area contributed by atoms with Gasteiger partial charge in [-0.1, -0.05) is 12.1 Å². The molecule has 3 heterocycles. The van der Waals surface area contributed by atoms with Gasteiger partial charge in [-0.05, 0) is 37.0 Å². The van der Waals surface area contributed by atoms with E-state index in [1.165, 1.54) is 17.9 Å². The summed E-state index contributed by atoms with van der Waals surface area (Å²) in [5, 5.41) is 0. The van der Waals surface area contributed by atoms with Crippen LogP contribution < -0.4 is 9.47 Å². The Hall–Kier alpha value is -4.02. The van der Waals surface area contributed by atoms with Gasteiger partial charge in [-0.15, -0.1) is 0 Å². The molecule has 0 spiro atoms. The Kier molecular flexibility index (Phi) is 6.07. The number of aromatic nitrogens is 6. The molecule has 1 aliphatic carbocycles. The van der Waals surface area contributed by atoms with Gasteiger partial charge >= 0.3 is 6.18 Å². The van der Waals surface area contributed by atoms with Crippen molar-refractivity contribution in [2.45, 2.75) is 38.5 Å². The maximum atomic E-state index is 13.0. The van der Waals surface area contributed by atoms with Crippen molar-refractivity contribution in [1.29, 1.82) is 0 Å². The molecule has 11 heteroatoms. The first-order chi connectivity index (χ1) is 17.2. The highest BCUT2D eigenvalue weighted by molar-refractivity contribution is 5.66. The highest BCUT2D eigenvalue weighted by Crippen LogP contribution is 2.44. The van der Waals surface area contributed by atoms with Crippen molar-refractivity contribution in [3.05, 3.63) is 65.5 Å². The first-order valence-electron chi connectivity index (χ1n) is 11.3. The number of benzene rings is 1. The molecule has 0 saturated heterocycles. The third-order valence-corrected chi connectivity index (χ3v) is 6.00. The zero-order valence-corrected chi connectivity index (χ0v) is 19.9. The van der Waals surface area contributed by atoms with Crippen molar-refractivity contribution in [2.75, 3.05) is 7.11 Å². The van der Waals surface area contributed by atoms with Crippen LogP contribution >= 0.6 is 0 Å². The lowest BCUT2D eigenvalue weighted by atomic mass is 10.1. The predicted molar refractivity (Wildman–Crippen MR) is 124 cm³/mol. The highest BCUT2D eigenvalue weighted by atomic mass is 19.4. The van der Waals surface area contributed by atoms with E-state index in [-0.39, 0.29) is 12.4 Å². The number of halogens is 3. The normalized spacial score (nSPS) is 13.6. The Morgan fingerprint density at radius 1 is 1.08 bits per heavy atom. The molecule has 8 nitrogen and oxygen atoms in total. The number of alkyl halides is 3. The molecule has 0 N–H and O–H groups in total. The zero-order valence-electron chi connectivity index (χ0n) is 19.9. The summed E-state index contributed by atoms with van der Waals surface area (Å²) in [5.41, 5.74) is 2.92. The summed E-state index contributed by atoms with van der Waals surface area (Å²) >= 11 is 0. The van der Waals surface area contributed by atoms with Crippen molar-refractivity contribution in [3.63, 3.8) is 0 Å². The van der Waals surface area contributed by atoms with Gasteiger partial charge in [0.2, 0.25) is 11.8 Å². The lowest BCUT2D eigenvalue weighted by Crippen LogP contribution is -2.05. The number of ether oxygens (including phenoxy) is 2. The van der Waals surface area contributed by atoms with Gasteiger partial charge in [0.05, 0.1) is 12.8 Å². The van der Waals surface area contributed by atoms with Crippen LogP contribution in [0.4, 0.5) is 13.2 Å². The average Bonchev–Trinajstić information content (AvgIpc) is 3.63. The van der Waals surface area contributed by atoms with E-state index in [2.05, 4.69) is 24.9 Å². The second-order valence-corrected chi connectivity index (χ2v) is 8.62. The lowest BCUT2D eigenvalue weighted by Gasteiger charge is -2.12. The van der Waals surface area contributed by atoms with Crippen LogP contribution in [0.15, 0.2) is 43.0 Å². The molecule has 0 amide bonds. The molecule has 1 aromatic carbocycles. The minimum Gasteiger partial charge on any atom is -0.480 e. The molecule has 186 valence electrons. The third-order valence-electron chi connectivity index (χ3n) is 6.00. The maximum Gasteiger partial charge on any atom is 0.434 e. The summed E-state index contributed by atoms with van der Waals surface area (Å²) in [4.78, 5) is 21.4. The van der Waals surface area contributed by atoms with E-state index >= 15 is 0 Å². The molecule has 1 aliphatic rings. The van der Waals surface area contributed by atoms with Gasteiger partial charge in [-0.25, -0.2) is 19.9 Å². The van der Waals surface area contributed by atoms with Crippen LogP contribution in [0.1, 0.15) is 41.3 Å². The summed E-state index contributed by atoms with van der Waals surface area (Å²) in [6.07, 6.45) is 1.68. The first-order valence-corrected chi connectivity index (χ1v) is 11.3. The van der Waals surface area contributed by atoms with Crippen LogP contribution in [-0.2, 0) is 19.8 Å². The maximum absolute atomic E-state index is 13.0. The number of aryl methyl sites for hydroxylation is 2. The Labute approximate surface area is 205 Å². The number of imidazole rings is 1. The Morgan fingerprint density at radius 2 is 1.89 bits per heavy atom. The van der Waals surface area contributed by atoms with Gasteiger partial charge in [-0.3, -0.25) is 0 Å². The van der Waals surface area contributed by atoms with Crippen LogP contribution in [0, 0.1) is 6.92 Å².